The minimum atomic E-state index is -0.538. The van der Waals surface area contributed by atoms with Crippen molar-refractivity contribution in [1.29, 1.82) is 0 Å². The minimum Gasteiger partial charge on any atom is -0.341 e. The van der Waals surface area contributed by atoms with Gasteiger partial charge in [0.2, 0.25) is 5.91 Å². The zero-order valence-corrected chi connectivity index (χ0v) is 11.4. The van der Waals surface area contributed by atoms with Crippen LogP contribution in [0, 0.1) is 5.92 Å². The highest BCUT2D eigenvalue weighted by atomic mass is 16.2. The molecule has 19 heavy (non-hydrogen) atoms. The molecule has 0 aliphatic carbocycles. The third-order valence-corrected chi connectivity index (χ3v) is 2.66. The highest BCUT2D eigenvalue weighted by Crippen LogP contribution is 2.14. The van der Waals surface area contributed by atoms with Crippen molar-refractivity contribution in [3.63, 3.8) is 0 Å². The van der Waals surface area contributed by atoms with Crippen molar-refractivity contribution in [2.75, 3.05) is 17.7 Å². The van der Waals surface area contributed by atoms with Gasteiger partial charge in [0.1, 0.15) is 0 Å². The van der Waals surface area contributed by atoms with Gasteiger partial charge in [-0.25, -0.2) is 4.79 Å². The Hall–Kier alpha value is -2.08. The topological polar surface area (TPSA) is 96.2 Å². The number of hydrogen-bond acceptors (Lipinski definition) is 3. The molecule has 6 heteroatoms. The molecular weight excluding hydrogens is 244 g/mol. The highest BCUT2D eigenvalue weighted by Gasteiger charge is 2.16. The van der Waals surface area contributed by atoms with Crippen LogP contribution in [0.15, 0.2) is 24.3 Å². The van der Waals surface area contributed by atoms with Crippen LogP contribution in [0.25, 0.3) is 0 Å². The summed E-state index contributed by atoms with van der Waals surface area (Å²) >= 11 is 0. The van der Waals surface area contributed by atoms with E-state index < -0.39 is 6.04 Å². The Balaban J connectivity index is 2.62. The number of nitrogens with one attached hydrogen (secondary N) is 3. The Labute approximate surface area is 112 Å². The monoisotopic (exact) mass is 264 g/mol. The van der Waals surface area contributed by atoms with Gasteiger partial charge in [-0.05, 0) is 30.2 Å². The Kier molecular flexibility index (Phi) is 5.32. The van der Waals surface area contributed by atoms with Crippen molar-refractivity contribution in [3.05, 3.63) is 24.3 Å². The number of rotatable bonds is 4. The molecule has 5 N–H and O–H groups in total. The SMILES string of the molecule is CNC(=O)Nc1ccc(NC(=O)C(N)C(C)C)cc1. The van der Waals surface area contributed by atoms with E-state index >= 15 is 0 Å². The molecule has 0 saturated heterocycles. The van der Waals surface area contributed by atoms with Crippen molar-refractivity contribution in [1.82, 2.24) is 5.32 Å². The van der Waals surface area contributed by atoms with Crippen LogP contribution in [0.3, 0.4) is 0 Å². The predicted octanol–water partition coefficient (Wildman–Crippen LogP) is 1.36. The smallest absolute Gasteiger partial charge is 0.318 e. The van der Waals surface area contributed by atoms with Crippen LogP contribution in [-0.4, -0.2) is 25.0 Å². The van der Waals surface area contributed by atoms with Gasteiger partial charge in [0.25, 0.3) is 0 Å². The summed E-state index contributed by atoms with van der Waals surface area (Å²) in [5.74, 6) is -0.142. The first kappa shape index (κ1) is 15.0. The molecular formula is C13H20N4O2. The van der Waals surface area contributed by atoms with Gasteiger partial charge < -0.3 is 21.7 Å². The van der Waals surface area contributed by atoms with E-state index in [4.69, 9.17) is 5.73 Å². The maximum absolute atomic E-state index is 11.7. The van der Waals surface area contributed by atoms with Crippen LogP contribution in [0.2, 0.25) is 0 Å². The summed E-state index contributed by atoms with van der Waals surface area (Å²) in [6.07, 6.45) is 0. The van der Waals surface area contributed by atoms with Crippen molar-refractivity contribution in [2.24, 2.45) is 11.7 Å². The van der Waals surface area contributed by atoms with Crippen LogP contribution in [0.1, 0.15) is 13.8 Å². The molecule has 0 aliphatic rings. The Morgan fingerprint density at radius 1 is 1.05 bits per heavy atom. The van der Waals surface area contributed by atoms with E-state index in [0.29, 0.717) is 11.4 Å². The maximum atomic E-state index is 11.7. The first-order valence-corrected chi connectivity index (χ1v) is 6.09. The molecule has 1 atom stereocenters. The van der Waals surface area contributed by atoms with Gasteiger partial charge in [0.05, 0.1) is 6.04 Å². The quantitative estimate of drug-likeness (QED) is 0.661. The Morgan fingerprint density at radius 3 is 1.95 bits per heavy atom. The summed E-state index contributed by atoms with van der Waals surface area (Å²) in [6.45, 7) is 3.78. The number of benzene rings is 1. The van der Waals surface area contributed by atoms with Gasteiger partial charge in [-0.1, -0.05) is 13.8 Å². The summed E-state index contributed by atoms with van der Waals surface area (Å²) in [5, 5.41) is 7.80. The van der Waals surface area contributed by atoms with Crippen molar-refractivity contribution < 1.29 is 9.59 Å². The maximum Gasteiger partial charge on any atom is 0.318 e. The number of nitrogens with two attached hydrogens (primary N) is 1. The van der Waals surface area contributed by atoms with Gasteiger partial charge in [-0.2, -0.15) is 0 Å². The fourth-order valence-corrected chi connectivity index (χ4v) is 1.36. The summed E-state index contributed by atoms with van der Waals surface area (Å²) in [6, 6.07) is 5.98. The van der Waals surface area contributed by atoms with Crippen LogP contribution in [0.4, 0.5) is 16.2 Å². The molecule has 3 amide bonds. The second-order valence-corrected chi connectivity index (χ2v) is 4.54. The predicted molar refractivity (Wildman–Crippen MR) is 76.0 cm³/mol. The molecule has 0 saturated carbocycles. The number of carbonyl (C=O) groups is 2. The molecule has 1 unspecified atom stereocenters. The summed E-state index contributed by atoms with van der Waals surface area (Å²) in [4.78, 5) is 22.8. The molecule has 0 radical (unpaired) electrons. The van der Waals surface area contributed by atoms with Gasteiger partial charge in [0, 0.05) is 18.4 Å². The molecule has 0 spiro atoms. The van der Waals surface area contributed by atoms with Crippen LogP contribution in [0.5, 0.6) is 0 Å². The zero-order valence-electron chi connectivity index (χ0n) is 11.4. The third kappa shape index (κ3) is 4.59. The lowest BCUT2D eigenvalue weighted by Gasteiger charge is -2.15. The highest BCUT2D eigenvalue weighted by molar-refractivity contribution is 5.95. The van der Waals surface area contributed by atoms with E-state index in [0.717, 1.165) is 0 Å². The number of anilines is 2. The van der Waals surface area contributed by atoms with Gasteiger partial charge in [0.15, 0.2) is 0 Å². The molecule has 0 aliphatic heterocycles. The van der Waals surface area contributed by atoms with Gasteiger partial charge >= 0.3 is 6.03 Å². The molecule has 0 fully saturated rings. The number of amides is 3. The van der Waals surface area contributed by atoms with E-state index in [2.05, 4.69) is 16.0 Å². The van der Waals surface area contributed by atoms with Gasteiger partial charge in [-0.3, -0.25) is 4.79 Å². The van der Waals surface area contributed by atoms with Crippen molar-refractivity contribution in [2.45, 2.75) is 19.9 Å². The molecule has 6 nitrogen and oxygen atoms in total. The number of hydrogen-bond donors (Lipinski definition) is 4. The average Bonchev–Trinajstić information content (AvgIpc) is 2.39. The summed E-state index contributed by atoms with van der Waals surface area (Å²) in [5.41, 5.74) is 7.03. The molecule has 104 valence electrons. The van der Waals surface area contributed by atoms with E-state index in [9.17, 15) is 9.59 Å². The summed E-state index contributed by atoms with van der Waals surface area (Å²) in [7, 11) is 1.54. The molecule has 0 aromatic heterocycles. The van der Waals surface area contributed by atoms with Crippen LogP contribution >= 0.6 is 0 Å². The first-order chi connectivity index (χ1) is 8.93. The average molecular weight is 264 g/mol. The fourth-order valence-electron chi connectivity index (χ4n) is 1.36. The third-order valence-electron chi connectivity index (χ3n) is 2.66. The molecule has 1 rings (SSSR count). The lowest BCUT2D eigenvalue weighted by atomic mass is 10.0. The molecule has 0 heterocycles. The second kappa shape index (κ2) is 6.75. The number of carbonyl (C=O) groups excluding carboxylic acids is 2. The number of urea groups is 1. The molecule has 0 bridgehead atoms. The Bertz CT molecular complexity index is 442. The standard InChI is InChI=1S/C13H20N4O2/c1-8(2)11(14)12(18)16-9-4-6-10(7-5-9)17-13(19)15-3/h4-8,11H,14H2,1-3H3,(H,16,18)(H2,15,17,19). The zero-order chi connectivity index (χ0) is 14.4. The lowest BCUT2D eigenvalue weighted by molar-refractivity contribution is -0.118. The largest absolute Gasteiger partial charge is 0.341 e. The second-order valence-electron chi connectivity index (χ2n) is 4.54. The van der Waals surface area contributed by atoms with E-state index in [-0.39, 0.29) is 17.9 Å². The Morgan fingerprint density at radius 2 is 1.53 bits per heavy atom. The fraction of sp³-hybridized carbons (Fsp3) is 0.385. The van der Waals surface area contributed by atoms with E-state index in [1.165, 1.54) is 7.05 Å². The first-order valence-electron chi connectivity index (χ1n) is 6.09. The minimum absolute atomic E-state index is 0.0780. The lowest BCUT2D eigenvalue weighted by Crippen LogP contribution is -2.39. The van der Waals surface area contributed by atoms with Crippen molar-refractivity contribution in [3.8, 4) is 0 Å². The van der Waals surface area contributed by atoms with Crippen LogP contribution < -0.4 is 21.7 Å². The van der Waals surface area contributed by atoms with E-state index in [1.807, 2.05) is 13.8 Å². The summed E-state index contributed by atoms with van der Waals surface area (Å²) < 4.78 is 0. The van der Waals surface area contributed by atoms with Gasteiger partial charge in [-0.15, -0.1) is 0 Å². The normalized spacial score (nSPS) is 11.8. The van der Waals surface area contributed by atoms with Crippen molar-refractivity contribution >= 4 is 23.3 Å². The van der Waals surface area contributed by atoms with E-state index in [1.54, 1.807) is 24.3 Å². The molecule has 1 aromatic rings. The molecule has 1 aromatic carbocycles. The van der Waals surface area contributed by atoms with Crippen LogP contribution in [-0.2, 0) is 4.79 Å².